The lowest BCUT2D eigenvalue weighted by molar-refractivity contribution is 0.253. The van der Waals surface area contributed by atoms with E-state index in [4.69, 9.17) is 61.7 Å². The van der Waals surface area contributed by atoms with E-state index in [1.54, 1.807) is 0 Å². The summed E-state index contributed by atoms with van der Waals surface area (Å²) in [7, 11) is -43.8. The number of benzene rings is 2. The van der Waals surface area contributed by atoms with E-state index in [0.717, 1.165) is 10.4 Å². The van der Waals surface area contributed by atoms with Crippen molar-refractivity contribution in [1.29, 1.82) is 0 Å². The van der Waals surface area contributed by atoms with Crippen molar-refractivity contribution in [3.8, 4) is 0 Å². The quantitative estimate of drug-likeness (QED) is 0.0642. The molecule has 0 heterocycles. The second kappa shape index (κ2) is 25.3. The summed E-state index contributed by atoms with van der Waals surface area (Å²) < 4.78 is 105. The number of hydrogen-bond acceptors (Lipinski definition) is 15. The monoisotopic (exact) mass is 1320 g/mol. The van der Waals surface area contributed by atoms with E-state index in [9.17, 15) is 0 Å². The molecule has 0 radical (unpaired) electrons. The zero-order valence-corrected chi connectivity index (χ0v) is 68.9. The van der Waals surface area contributed by atoms with Crippen LogP contribution in [0.4, 0.5) is 0 Å². The van der Waals surface area contributed by atoms with Gasteiger partial charge in [0.25, 0.3) is 0 Å². The highest BCUT2D eigenvalue weighted by Gasteiger charge is 2.55. The summed E-state index contributed by atoms with van der Waals surface area (Å²) in [5, 5.41) is 1.98. The van der Waals surface area contributed by atoms with Gasteiger partial charge >= 0.3 is 120 Å². The molecule has 2 aromatic carbocycles. The minimum Gasteiger partial charge on any atom is -0.437 e. The van der Waals surface area contributed by atoms with Crippen LogP contribution in [0.1, 0.15) is 0 Å². The Hall–Kier alpha value is 1.31. The van der Waals surface area contributed by atoms with Gasteiger partial charge in [-0.1, -0.05) is 60.7 Å². The maximum atomic E-state index is 7.34. The van der Waals surface area contributed by atoms with E-state index >= 15 is 0 Å². The standard InChI is InChI=1S/C44H106O15Si16/c1-60(2,3)45-62(7,8)47-64(11,12)49-66(15,16)50-67(17,18)51-68(19,20)53-71(25,26)57-75(32,44-41-37-34-38-42-44)59-73(29,30)55-69(21,22)54-72(27,28)58-74(31,43-39-35-33-36-40-43)56-70(23,24)52-65(13,14)48-63(9,10)46-61(4,5)6/h33-42H,1-32H3. The lowest BCUT2D eigenvalue weighted by Crippen LogP contribution is -2.67. The van der Waals surface area contributed by atoms with Crippen LogP contribution in [-0.2, 0) is 61.7 Å². The minimum absolute atomic E-state index is 0.984. The van der Waals surface area contributed by atoms with Crippen LogP contribution in [-0.4, -0.2) is 136 Å². The average molecular weight is 1320 g/mol. The van der Waals surface area contributed by atoms with E-state index < -0.39 is 136 Å². The molecule has 2 aromatic rings. The second-order valence-corrected chi connectivity index (χ2v) is 86.4. The van der Waals surface area contributed by atoms with Crippen molar-refractivity contribution in [2.75, 3.05) is 0 Å². The summed E-state index contributed by atoms with van der Waals surface area (Å²) >= 11 is 0. The molecular formula is C44H106O15Si16. The Morgan fingerprint density at radius 3 is 0.453 bits per heavy atom. The van der Waals surface area contributed by atoms with Crippen LogP contribution in [0.25, 0.3) is 0 Å². The predicted octanol–water partition coefficient (Wildman–Crippen LogP) is 13.3. The minimum atomic E-state index is -3.26. The van der Waals surface area contributed by atoms with Gasteiger partial charge in [-0.05, 0) is 220 Å². The molecule has 2 rings (SSSR count). The molecule has 0 aliphatic heterocycles. The molecular weight excluding hydrogens is 1220 g/mol. The Balaban J connectivity index is 2.36. The van der Waals surface area contributed by atoms with Gasteiger partial charge in [0.1, 0.15) is 0 Å². The molecule has 0 bridgehead atoms. The van der Waals surface area contributed by atoms with E-state index in [-0.39, 0.29) is 0 Å². The van der Waals surface area contributed by atoms with Gasteiger partial charge in [-0.25, -0.2) is 0 Å². The third-order valence-corrected chi connectivity index (χ3v) is 71.0. The van der Waals surface area contributed by atoms with Gasteiger partial charge < -0.3 is 61.7 Å². The topological polar surface area (TPSA) is 138 Å². The normalized spacial score (nSPS) is 16.7. The maximum Gasteiger partial charge on any atom is 0.351 e. The summed E-state index contributed by atoms with van der Waals surface area (Å²) in [6.07, 6.45) is 0. The summed E-state index contributed by atoms with van der Waals surface area (Å²) in [4.78, 5) is 0. The number of rotatable bonds is 32. The van der Waals surface area contributed by atoms with Crippen LogP contribution in [0, 0.1) is 0 Å². The first-order chi connectivity index (χ1) is 32.8. The van der Waals surface area contributed by atoms with Crippen LogP contribution in [0.5, 0.6) is 0 Å². The smallest absolute Gasteiger partial charge is 0.351 e. The Morgan fingerprint density at radius 2 is 0.307 bits per heavy atom. The Morgan fingerprint density at radius 1 is 0.173 bits per heavy atom. The highest BCUT2D eigenvalue weighted by molar-refractivity contribution is 6.98. The third kappa shape index (κ3) is 28.4. The summed E-state index contributed by atoms with van der Waals surface area (Å²) in [6, 6.07) is 20.5. The van der Waals surface area contributed by atoms with E-state index in [1.165, 1.54) is 0 Å². The SMILES string of the molecule is C[Si](C)(C)O[Si](C)(C)O[Si](C)(C)O[Si](C)(C)O[Si](C)(C)O[Si](C)(C)O[Si](C)(C)O[Si](C)(O[Si](C)(C)O[Si](C)(C)O[Si](C)(C)O[Si](C)(O[Si](C)(C)O[Si](C)(C)O[Si](C)(C)O[Si](C)(C)C)c1ccccc1)c1ccccc1. The molecule has 2 unspecified atom stereocenters. The first-order valence-corrected chi connectivity index (χ1v) is 71.7. The van der Waals surface area contributed by atoms with Crippen molar-refractivity contribution in [2.45, 2.75) is 210 Å². The summed E-state index contributed by atoms with van der Waals surface area (Å²) in [6.45, 7) is 67.4. The zero-order chi connectivity index (χ0) is 58.8. The maximum absolute atomic E-state index is 7.34. The summed E-state index contributed by atoms with van der Waals surface area (Å²) in [5.41, 5.74) is 0. The molecule has 0 aromatic heterocycles. The van der Waals surface area contributed by atoms with Crippen molar-refractivity contribution in [3.63, 3.8) is 0 Å². The van der Waals surface area contributed by atoms with Gasteiger partial charge in [0.15, 0.2) is 16.6 Å². The molecule has 15 nitrogen and oxygen atoms in total. The van der Waals surface area contributed by atoms with E-state index in [0.29, 0.717) is 0 Å². The molecule has 0 saturated carbocycles. The highest BCUT2D eigenvalue weighted by atomic mass is 28.5. The first kappa shape index (κ1) is 72.4. The molecule has 0 aliphatic carbocycles. The van der Waals surface area contributed by atoms with Crippen molar-refractivity contribution in [2.24, 2.45) is 0 Å². The van der Waals surface area contributed by atoms with Crippen LogP contribution in [0.3, 0.4) is 0 Å². The third-order valence-electron chi connectivity index (χ3n) is 9.89. The highest BCUT2D eigenvalue weighted by Crippen LogP contribution is 2.33. The van der Waals surface area contributed by atoms with Crippen LogP contribution < -0.4 is 10.4 Å². The lowest BCUT2D eigenvalue weighted by Gasteiger charge is -2.46. The Bertz CT molecular complexity index is 2120. The molecule has 0 saturated heterocycles. The van der Waals surface area contributed by atoms with E-state index in [2.05, 4.69) is 234 Å². The van der Waals surface area contributed by atoms with Gasteiger partial charge in [0, 0.05) is 0 Å². The molecule has 0 aliphatic rings. The first-order valence-electron chi connectivity index (χ1n) is 26.4. The molecule has 2 atom stereocenters. The second-order valence-electron chi connectivity index (χ2n) is 27.2. The molecule has 31 heteroatoms. The largest absolute Gasteiger partial charge is 0.437 e. The molecule has 75 heavy (non-hydrogen) atoms. The average Bonchev–Trinajstić information content (AvgIpc) is 3.03. The van der Waals surface area contributed by atoms with Crippen molar-refractivity contribution < 1.29 is 61.7 Å². The predicted molar refractivity (Wildman–Crippen MR) is 348 cm³/mol. The molecule has 0 N–H and O–H groups in total. The van der Waals surface area contributed by atoms with Gasteiger partial charge in [-0.15, -0.1) is 0 Å². The van der Waals surface area contributed by atoms with Gasteiger partial charge in [0.05, 0.1) is 0 Å². The fourth-order valence-electron chi connectivity index (χ4n) is 10.7. The zero-order valence-electron chi connectivity index (χ0n) is 52.9. The van der Waals surface area contributed by atoms with Crippen LogP contribution >= 0.6 is 0 Å². The fourth-order valence-corrected chi connectivity index (χ4v) is 91.2. The Labute approximate surface area is 475 Å². The molecule has 436 valence electrons. The van der Waals surface area contributed by atoms with Crippen LogP contribution in [0.15, 0.2) is 60.7 Å². The lowest BCUT2D eigenvalue weighted by atomic mass is 10.4. The molecule has 0 fully saturated rings. The van der Waals surface area contributed by atoms with E-state index in [1.807, 2.05) is 36.4 Å². The van der Waals surface area contributed by atoms with Crippen molar-refractivity contribution in [3.05, 3.63) is 60.7 Å². The van der Waals surface area contributed by atoms with Gasteiger partial charge in [-0.3, -0.25) is 0 Å². The molecule has 0 amide bonds. The number of hydrogen-bond donors (Lipinski definition) is 0. The Kier molecular flexibility index (Phi) is 24.4. The fraction of sp³-hybridized carbons (Fsp3) is 0.727. The molecule has 0 spiro atoms. The van der Waals surface area contributed by atoms with Crippen molar-refractivity contribution >= 4 is 147 Å². The summed E-state index contributed by atoms with van der Waals surface area (Å²) in [5.74, 6) is 0. The van der Waals surface area contributed by atoms with Crippen molar-refractivity contribution in [1.82, 2.24) is 0 Å². The van der Waals surface area contributed by atoms with Gasteiger partial charge in [-0.2, -0.15) is 0 Å². The van der Waals surface area contributed by atoms with Gasteiger partial charge in [0.2, 0.25) is 0 Å². The van der Waals surface area contributed by atoms with Crippen LogP contribution in [0.2, 0.25) is 210 Å².